The van der Waals surface area contributed by atoms with Crippen LogP contribution in [0, 0.1) is 0 Å². The second kappa shape index (κ2) is 8.25. The number of fused-ring (bicyclic) bond motifs is 1. The molecule has 2 aliphatic rings. The Morgan fingerprint density at radius 1 is 1.14 bits per heavy atom. The summed E-state index contributed by atoms with van der Waals surface area (Å²) in [5.41, 5.74) is 1.82. The maximum absolute atomic E-state index is 11.4. The van der Waals surface area contributed by atoms with Crippen LogP contribution in [0.2, 0.25) is 5.02 Å². The van der Waals surface area contributed by atoms with Gasteiger partial charge in [0.1, 0.15) is 0 Å². The number of anilines is 2. The molecule has 0 saturated heterocycles. The molecule has 154 valence electrons. The highest BCUT2D eigenvalue weighted by molar-refractivity contribution is 7.88. The maximum atomic E-state index is 11.4. The summed E-state index contributed by atoms with van der Waals surface area (Å²) in [5, 5.41) is 4.03. The standard InChI is InChI=1S/C19H23ClN6O2S/c1-29(27,28)25-15-8-6-14(7-9-15)23-19-21-10-13-11-26(12-22-18(13)24-19)17-5-3-2-4-16(17)20/h2-5,10,12,14-15,25H,6-9,11H2,1H3,(H,21,23,24). The van der Waals surface area contributed by atoms with Crippen LogP contribution in [0.3, 0.4) is 0 Å². The van der Waals surface area contributed by atoms with Crippen LogP contribution in [0.4, 0.5) is 17.5 Å². The van der Waals surface area contributed by atoms with Crippen LogP contribution in [0.25, 0.3) is 0 Å². The lowest BCUT2D eigenvalue weighted by molar-refractivity contribution is 0.387. The van der Waals surface area contributed by atoms with E-state index in [2.05, 4.69) is 25.0 Å². The minimum atomic E-state index is -3.16. The monoisotopic (exact) mass is 434 g/mol. The molecule has 0 atom stereocenters. The van der Waals surface area contributed by atoms with Crippen LogP contribution < -0.4 is 14.9 Å². The molecule has 2 N–H and O–H groups in total. The average Bonchev–Trinajstić information content (AvgIpc) is 2.68. The average molecular weight is 435 g/mol. The van der Waals surface area contributed by atoms with E-state index in [1.54, 1.807) is 12.5 Å². The van der Waals surface area contributed by atoms with Crippen molar-refractivity contribution in [1.29, 1.82) is 0 Å². The summed E-state index contributed by atoms with van der Waals surface area (Å²) in [6.45, 7) is 0.602. The van der Waals surface area contributed by atoms with Gasteiger partial charge in [0, 0.05) is 23.8 Å². The molecule has 10 heteroatoms. The fraction of sp³-hybridized carbons (Fsp3) is 0.421. The predicted molar refractivity (Wildman–Crippen MR) is 115 cm³/mol. The summed E-state index contributed by atoms with van der Waals surface area (Å²) >= 11 is 6.28. The molecule has 1 aromatic heterocycles. The van der Waals surface area contributed by atoms with Crippen molar-refractivity contribution in [1.82, 2.24) is 14.7 Å². The van der Waals surface area contributed by atoms with Crippen molar-refractivity contribution in [3.63, 3.8) is 0 Å². The minimum absolute atomic E-state index is 0.00731. The van der Waals surface area contributed by atoms with Crippen molar-refractivity contribution in [2.45, 2.75) is 44.3 Å². The van der Waals surface area contributed by atoms with E-state index in [4.69, 9.17) is 11.6 Å². The number of para-hydroxylation sites is 1. The van der Waals surface area contributed by atoms with E-state index in [1.165, 1.54) is 6.26 Å². The van der Waals surface area contributed by atoms with Crippen LogP contribution in [-0.2, 0) is 16.6 Å². The van der Waals surface area contributed by atoms with E-state index in [9.17, 15) is 8.42 Å². The van der Waals surface area contributed by atoms with Crippen molar-refractivity contribution in [2.75, 3.05) is 16.5 Å². The first kappa shape index (κ1) is 20.1. The van der Waals surface area contributed by atoms with Crippen LogP contribution in [-0.4, -0.2) is 43.1 Å². The molecule has 0 unspecified atom stereocenters. The van der Waals surface area contributed by atoms with E-state index in [0.29, 0.717) is 23.3 Å². The van der Waals surface area contributed by atoms with E-state index in [1.807, 2.05) is 29.2 Å². The number of aromatic nitrogens is 2. The minimum Gasteiger partial charge on any atom is -0.351 e. The van der Waals surface area contributed by atoms with Gasteiger partial charge < -0.3 is 10.2 Å². The van der Waals surface area contributed by atoms with E-state index < -0.39 is 10.0 Å². The molecule has 0 spiro atoms. The van der Waals surface area contributed by atoms with Crippen LogP contribution in [0.5, 0.6) is 0 Å². The summed E-state index contributed by atoms with van der Waals surface area (Å²) < 4.78 is 25.4. The van der Waals surface area contributed by atoms with Gasteiger partial charge >= 0.3 is 0 Å². The van der Waals surface area contributed by atoms with Crippen molar-refractivity contribution in [3.05, 3.63) is 41.0 Å². The van der Waals surface area contributed by atoms with Gasteiger partial charge in [0.15, 0.2) is 5.82 Å². The molecule has 1 saturated carbocycles. The largest absolute Gasteiger partial charge is 0.351 e. The van der Waals surface area contributed by atoms with Gasteiger partial charge in [-0.1, -0.05) is 23.7 Å². The number of benzene rings is 1. The Balaban J connectivity index is 1.38. The molecule has 0 amide bonds. The van der Waals surface area contributed by atoms with Gasteiger partial charge in [-0.15, -0.1) is 0 Å². The number of halogens is 1. The highest BCUT2D eigenvalue weighted by atomic mass is 35.5. The smallest absolute Gasteiger partial charge is 0.224 e. The van der Waals surface area contributed by atoms with E-state index in [0.717, 1.165) is 36.9 Å². The normalized spacial score (nSPS) is 21.7. The van der Waals surface area contributed by atoms with E-state index in [-0.39, 0.29) is 12.1 Å². The number of hydrogen-bond donors (Lipinski definition) is 2. The fourth-order valence-electron chi connectivity index (χ4n) is 3.71. The lowest BCUT2D eigenvalue weighted by Crippen LogP contribution is -2.39. The third-order valence-corrected chi connectivity index (χ3v) is 6.19. The van der Waals surface area contributed by atoms with E-state index >= 15 is 0 Å². The lowest BCUT2D eigenvalue weighted by Gasteiger charge is -2.29. The Labute approximate surface area is 175 Å². The molecule has 2 heterocycles. The molecule has 0 radical (unpaired) electrons. The molecule has 29 heavy (non-hydrogen) atoms. The highest BCUT2D eigenvalue weighted by Crippen LogP contribution is 2.30. The van der Waals surface area contributed by atoms with Gasteiger partial charge in [0.2, 0.25) is 16.0 Å². The molecule has 1 aliphatic carbocycles. The maximum Gasteiger partial charge on any atom is 0.224 e. The molecule has 0 bridgehead atoms. The summed E-state index contributed by atoms with van der Waals surface area (Å²) in [5.74, 6) is 1.20. The van der Waals surface area contributed by atoms with Gasteiger partial charge in [-0.2, -0.15) is 4.98 Å². The molecule has 2 aromatic rings. The second-order valence-corrected chi connectivity index (χ2v) is 9.64. The molecule has 1 aromatic carbocycles. The van der Waals surface area contributed by atoms with Gasteiger partial charge in [-0.25, -0.2) is 23.1 Å². The van der Waals surface area contributed by atoms with Crippen molar-refractivity contribution in [2.24, 2.45) is 4.99 Å². The lowest BCUT2D eigenvalue weighted by atomic mass is 9.92. The fourth-order valence-corrected chi connectivity index (χ4v) is 4.80. The number of nitrogens with zero attached hydrogens (tertiary/aromatic N) is 4. The quantitative estimate of drug-likeness (QED) is 0.750. The highest BCUT2D eigenvalue weighted by Gasteiger charge is 2.24. The topological polar surface area (TPSA) is 99.6 Å². The Morgan fingerprint density at radius 3 is 2.59 bits per heavy atom. The molecule has 1 aliphatic heterocycles. The SMILES string of the molecule is CS(=O)(=O)NC1CCC(Nc2ncc3c(n2)N=CN(c2ccccc2Cl)C3)CC1. The zero-order valence-corrected chi connectivity index (χ0v) is 17.6. The second-order valence-electron chi connectivity index (χ2n) is 7.45. The van der Waals surface area contributed by atoms with Gasteiger partial charge in [-0.05, 0) is 37.8 Å². The molecule has 8 nitrogen and oxygen atoms in total. The number of sulfonamides is 1. The summed E-state index contributed by atoms with van der Waals surface area (Å²) in [6, 6.07) is 7.86. The van der Waals surface area contributed by atoms with Gasteiger partial charge in [0.25, 0.3) is 0 Å². The van der Waals surface area contributed by atoms with Gasteiger partial charge in [0.05, 0.1) is 29.8 Å². The number of aliphatic imine (C=N–C) groups is 1. The summed E-state index contributed by atoms with van der Waals surface area (Å²) in [4.78, 5) is 15.4. The first-order valence-electron chi connectivity index (χ1n) is 9.52. The number of rotatable bonds is 5. The number of hydrogen-bond acceptors (Lipinski definition) is 7. The Morgan fingerprint density at radius 2 is 1.86 bits per heavy atom. The Hall–Kier alpha value is -2.23. The van der Waals surface area contributed by atoms with Crippen LogP contribution >= 0.6 is 11.6 Å². The first-order chi connectivity index (χ1) is 13.9. The molecular weight excluding hydrogens is 412 g/mol. The summed E-state index contributed by atoms with van der Waals surface area (Å²) in [6.07, 6.45) is 8.03. The Kier molecular flexibility index (Phi) is 5.71. The number of nitrogens with one attached hydrogen (secondary N) is 2. The molecule has 1 fully saturated rings. The zero-order chi connectivity index (χ0) is 20.4. The third kappa shape index (κ3) is 5.04. The van der Waals surface area contributed by atoms with Crippen molar-refractivity contribution >= 4 is 45.4 Å². The van der Waals surface area contributed by atoms with Crippen LogP contribution in [0.15, 0.2) is 35.5 Å². The first-order valence-corrected chi connectivity index (χ1v) is 11.8. The summed E-state index contributed by atoms with van der Waals surface area (Å²) in [7, 11) is -3.16. The van der Waals surface area contributed by atoms with Crippen molar-refractivity contribution < 1.29 is 8.42 Å². The third-order valence-electron chi connectivity index (χ3n) is 5.10. The Bertz CT molecular complexity index is 1020. The zero-order valence-electron chi connectivity index (χ0n) is 16.0. The van der Waals surface area contributed by atoms with Crippen molar-refractivity contribution in [3.8, 4) is 0 Å². The van der Waals surface area contributed by atoms with Crippen LogP contribution in [0.1, 0.15) is 31.2 Å². The predicted octanol–water partition coefficient (Wildman–Crippen LogP) is 3.08. The molecular formula is C19H23ClN6O2S. The van der Waals surface area contributed by atoms with Gasteiger partial charge in [-0.3, -0.25) is 0 Å². The molecule has 4 rings (SSSR count).